The second-order valence-corrected chi connectivity index (χ2v) is 7.31. The number of aromatic hydroxyl groups is 1. The molecule has 7 nitrogen and oxygen atoms in total. The SMILES string of the molecule is O=C(N/N=C/c1ccc(O)cc1)c1cc(-c2ccccc2OCc2ccc(Cl)cc2)n[nH]1. The van der Waals surface area contributed by atoms with Crippen molar-refractivity contribution >= 4 is 23.7 Å². The van der Waals surface area contributed by atoms with Crippen molar-refractivity contribution < 1.29 is 14.6 Å². The van der Waals surface area contributed by atoms with Gasteiger partial charge in [-0.1, -0.05) is 35.9 Å². The monoisotopic (exact) mass is 446 g/mol. The average molecular weight is 447 g/mol. The van der Waals surface area contributed by atoms with E-state index in [4.69, 9.17) is 16.3 Å². The molecule has 160 valence electrons. The number of carbonyl (C=O) groups excluding carboxylic acids is 1. The van der Waals surface area contributed by atoms with Crippen LogP contribution in [0, 0.1) is 0 Å². The maximum atomic E-state index is 12.4. The van der Waals surface area contributed by atoms with Gasteiger partial charge >= 0.3 is 0 Å². The number of nitrogens with one attached hydrogen (secondary N) is 2. The minimum absolute atomic E-state index is 0.161. The fourth-order valence-electron chi connectivity index (χ4n) is 2.91. The number of hydrazone groups is 1. The smallest absolute Gasteiger partial charge is 0.289 e. The number of hydrogen-bond donors (Lipinski definition) is 3. The van der Waals surface area contributed by atoms with Crippen LogP contribution in [0.5, 0.6) is 11.5 Å². The third kappa shape index (κ3) is 5.33. The van der Waals surface area contributed by atoms with Gasteiger partial charge in [0.25, 0.3) is 5.91 Å². The highest BCUT2D eigenvalue weighted by molar-refractivity contribution is 6.30. The molecule has 0 aliphatic heterocycles. The van der Waals surface area contributed by atoms with E-state index in [1.165, 1.54) is 18.3 Å². The summed E-state index contributed by atoms with van der Waals surface area (Å²) >= 11 is 5.93. The van der Waals surface area contributed by atoms with E-state index in [1.807, 2.05) is 48.5 Å². The molecule has 0 spiro atoms. The van der Waals surface area contributed by atoms with Crippen LogP contribution in [-0.2, 0) is 6.61 Å². The zero-order valence-corrected chi connectivity index (χ0v) is 17.6. The molecule has 0 unspecified atom stereocenters. The van der Waals surface area contributed by atoms with E-state index in [-0.39, 0.29) is 11.4 Å². The standard InChI is InChI=1S/C24H19ClN4O3/c25-18-9-5-17(6-10-18)15-32-23-4-2-1-3-20(23)21-13-22(28-27-21)24(31)29-26-14-16-7-11-19(30)12-8-16/h1-14,30H,15H2,(H,27,28)(H,29,31)/b26-14+. The number of hydrogen-bond acceptors (Lipinski definition) is 5. The van der Waals surface area contributed by atoms with Crippen LogP contribution < -0.4 is 10.2 Å². The highest BCUT2D eigenvalue weighted by atomic mass is 35.5. The van der Waals surface area contributed by atoms with Gasteiger partial charge in [0.1, 0.15) is 23.8 Å². The van der Waals surface area contributed by atoms with Crippen LogP contribution in [0.3, 0.4) is 0 Å². The molecule has 1 heterocycles. The van der Waals surface area contributed by atoms with Gasteiger partial charge in [-0.25, -0.2) is 5.43 Å². The van der Waals surface area contributed by atoms with Gasteiger partial charge in [0.15, 0.2) is 0 Å². The lowest BCUT2D eigenvalue weighted by Crippen LogP contribution is -2.17. The van der Waals surface area contributed by atoms with E-state index in [2.05, 4.69) is 20.7 Å². The Labute approximate surface area is 189 Å². The number of benzene rings is 3. The first kappa shape index (κ1) is 21.1. The lowest BCUT2D eigenvalue weighted by atomic mass is 10.1. The predicted octanol–water partition coefficient (Wildman–Crippen LogP) is 4.78. The molecule has 1 amide bonds. The zero-order valence-electron chi connectivity index (χ0n) is 16.8. The van der Waals surface area contributed by atoms with Crippen molar-refractivity contribution in [3.05, 3.63) is 101 Å². The third-order valence-corrected chi connectivity index (χ3v) is 4.82. The lowest BCUT2D eigenvalue weighted by molar-refractivity contribution is 0.0950. The molecule has 4 rings (SSSR count). The van der Waals surface area contributed by atoms with E-state index >= 15 is 0 Å². The molecule has 0 saturated carbocycles. The molecule has 0 radical (unpaired) electrons. The second kappa shape index (κ2) is 9.80. The normalized spacial score (nSPS) is 10.9. The molecular weight excluding hydrogens is 428 g/mol. The summed E-state index contributed by atoms with van der Waals surface area (Å²) in [6.07, 6.45) is 1.48. The van der Waals surface area contributed by atoms with Crippen molar-refractivity contribution in [1.82, 2.24) is 15.6 Å². The Hall–Kier alpha value is -4.10. The van der Waals surface area contributed by atoms with Crippen molar-refractivity contribution in [1.29, 1.82) is 0 Å². The number of ether oxygens (including phenoxy) is 1. The molecule has 8 heteroatoms. The molecule has 0 aliphatic carbocycles. The fourth-order valence-corrected chi connectivity index (χ4v) is 3.03. The molecule has 0 bridgehead atoms. The van der Waals surface area contributed by atoms with Crippen molar-refractivity contribution in [3.8, 4) is 22.8 Å². The topological polar surface area (TPSA) is 99.6 Å². The van der Waals surface area contributed by atoms with Crippen molar-refractivity contribution in [2.24, 2.45) is 5.10 Å². The highest BCUT2D eigenvalue weighted by Crippen LogP contribution is 2.29. The Morgan fingerprint density at radius 2 is 1.84 bits per heavy atom. The van der Waals surface area contributed by atoms with Gasteiger partial charge in [0, 0.05) is 10.6 Å². The van der Waals surface area contributed by atoms with Gasteiger partial charge in [-0.15, -0.1) is 0 Å². The van der Waals surface area contributed by atoms with Crippen LogP contribution in [0.15, 0.2) is 84.0 Å². The van der Waals surface area contributed by atoms with Crippen molar-refractivity contribution in [2.45, 2.75) is 6.61 Å². The first-order valence-electron chi connectivity index (χ1n) is 9.73. The maximum Gasteiger partial charge on any atom is 0.289 e. The number of nitrogens with zero attached hydrogens (tertiary/aromatic N) is 2. The summed E-state index contributed by atoms with van der Waals surface area (Å²) in [4.78, 5) is 12.4. The average Bonchev–Trinajstić information content (AvgIpc) is 3.30. The maximum absolute atomic E-state index is 12.4. The van der Waals surface area contributed by atoms with Crippen LogP contribution in [-0.4, -0.2) is 27.4 Å². The summed E-state index contributed by atoms with van der Waals surface area (Å²) in [7, 11) is 0. The van der Waals surface area contributed by atoms with E-state index in [9.17, 15) is 9.90 Å². The number of aromatic nitrogens is 2. The summed E-state index contributed by atoms with van der Waals surface area (Å²) in [5, 5.41) is 20.9. The van der Waals surface area contributed by atoms with Gasteiger partial charge in [-0.3, -0.25) is 9.89 Å². The quantitative estimate of drug-likeness (QED) is 0.281. The van der Waals surface area contributed by atoms with E-state index < -0.39 is 5.91 Å². The molecule has 3 aromatic carbocycles. The van der Waals surface area contributed by atoms with Crippen LogP contribution in [0.2, 0.25) is 5.02 Å². The first-order chi connectivity index (χ1) is 15.6. The summed E-state index contributed by atoms with van der Waals surface area (Å²) in [5.74, 6) is 0.373. The van der Waals surface area contributed by atoms with Crippen LogP contribution in [0.25, 0.3) is 11.3 Å². The van der Waals surface area contributed by atoms with Gasteiger partial charge in [0.05, 0.1) is 11.9 Å². The third-order valence-electron chi connectivity index (χ3n) is 4.57. The molecule has 3 N–H and O–H groups in total. The van der Waals surface area contributed by atoms with Crippen molar-refractivity contribution in [2.75, 3.05) is 0 Å². The summed E-state index contributed by atoms with van der Waals surface area (Å²) < 4.78 is 5.97. The second-order valence-electron chi connectivity index (χ2n) is 6.87. The minimum atomic E-state index is -0.432. The minimum Gasteiger partial charge on any atom is -0.508 e. The highest BCUT2D eigenvalue weighted by Gasteiger charge is 2.14. The van der Waals surface area contributed by atoms with Crippen LogP contribution in [0.4, 0.5) is 0 Å². The zero-order chi connectivity index (χ0) is 22.3. The number of rotatable bonds is 7. The number of phenols is 1. The molecule has 0 fully saturated rings. The van der Waals surface area contributed by atoms with Gasteiger partial charge in [-0.2, -0.15) is 10.2 Å². The molecule has 1 aromatic heterocycles. The lowest BCUT2D eigenvalue weighted by Gasteiger charge is -2.10. The Balaban J connectivity index is 1.43. The molecule has 0 saturated heterocycles. The first-order valence-corrected chi connectivity index (χ1v) is 10.1. The van der Waals surface area contributed by atoms with E-state index in [1.54, 1.807) is 18.2 Å². The molecule has 32 heavy (non-hydrogen) atoms. The Morgan fingerprint density at radius 3 is 2.62 bits per heavy atom. The largest absolute Gasteiger partial charge is 0.508 e. The van der Waals surface area contributed by atoms with Gasteiger partial charge < -0.3 is 9.84 Å². The number of carbonyl (C=O) groups is 1. The summed E-state index contributed by atoms with van der Waals surface area (Å²) in [6, 6.07) is 23.0. The van der Waals surface area contributed by atoms with Gasteiger partial charge in [0.2, 0.25) is 0 Å². The molecule has 0 atom stereocenters. The predicted molar refractivity (Wildman–Crippen MR) is 123 cm³/mol. The molecular formula is C24H19ClN4O3. The van der Waals surface area contributed by atoms with E-state index in [0.29, 0.717) is 23.1 Å². The number of amides is 1. The number of aromatic amines is 1. The Morgan fingerprint density at radius 1 is 1.09 bits per heavy atom. The van der Waals surface area contributed by atoms with Gasteiger partial charge in [-0.05, 0) is 65.7 Å². The van der Waals surface area contributed by atoms with E-state index in [0.717, 1.165) is 16.7 Å². The Bertz CT molecular complexity index is 1230. The fraction of sp³-hybridized carbons (Fsp3) is 0.0417. The Kier molecular flexibility index (Phi) is 6.48. The summed E-state index contributed by atoms with van der Waals surface area (Å²) in [5.41, 5.74) is 5.75. The number of phenolic OH excluding ortho intramolecular Hbond substituents is 1. The number of para-hydroxylation sites is 1. The van der Waals surface area contributed by atoms with Crippen molar-refractivity contribution in [3.63, 3.8) is 0 Å². The van der Waals surface area contributed by atoms with Crippen LogP contribution >= 0.6 is 11.6 Å². The molecule has 4 aromatic rings. The number of H-pyrrole nitrogens is 1. The number of halogens is 1. The van der Waals surface area contributed by atoms with Crippen LogP contribution in [0.1, 0.15) is 21.6 Å². The molecule has 0 aliphatic rings. The summed E-state index contributed by atoms with van der Waals surface area (Å²) in [6.45, 7) is 0.373.